The maximum absolute atomic E-state index is 12.6. The quantitative estimate of drug-likeness (QED) is 0.704. The van der Waals surface area contributed by atoms with Gasteiger partial charge in [-0.25, -0.2) is 8.42 Å². The molecule has 126 valence electrons. The van der Waals surface area contributed by atoms with Gasteiger partial charge in [-0.2, -0.15) is 0 Å². The first-order valence-corrected chi connectivity index (χ1v) is 9.78. The van der Waals surface area contributed by atoms with Crippen LogP contribution in [-0.4, -0.2) is 13.6 Å². The zero-order chi connectivity index (χ0) is 17.5. The van der Waals surface area contributed by atoms with E-state index in [1.807, 2.05) is 13.8 Å². The molecule has 1 N–H and O–H groups in total. The maximum Gasteiger partial charge on any atom is 0.271 e. The van der Waals surface area contributed by atoms with Crippen molar-refractivity contribution in [1.29, 1.82) is 0 Å². The fourth-order valence-electron chi connectivity index (χ4n) is 2.14. The number of thiophene rings is 1. The molecule has 0 bridgehead atoms. The molecule has 3 aromatic rings. The van der Waals surface area contributed by atoms with Crippen LogP contribution in [0, 0.1) is 20.8 Å². The van der Waals surface area contributed by atoms with Gasteiger partial charge in [-0.1, -0.05) is 22.8 Å². The molecule has 2 heterocycles. The molecule has 0 radical (unpaired) electrons. The zero-order valence-corrected chi connectivity index (χ0v) is 15.6. The molecule has 3 rings (SSSR count). The van der Waals surface area contributed by atoms with Crippen LogP contribution in [0.4, 0.5) is 5.69 Å². The molecule has 0 aliphatic rings. The van der Waals surface area contributed by atoms with Gasteiger partial charge in [0.25, 0.3) is 10.0 Å². The molecular weight excluding hydrogens is 368 g/mol. The fraction of sp³-hybridized carbons (Fsp3) is 0.188. The van der Waals surface area contributed by atoms with Gasteiger partial charge in [-0.3, -0.25) is 4.72 Å². The minimum atomic E-state index is -3.70. The molecule has 0 spiro atoms. The molecule has 0 saturated carbocycles. The van der Waals surface area contributed by atoms with Gasteiger partial charge in [0.05, 0.1) is 16.3 Å². The highest BCUT2D eigenvalue weighted by molar-refractivity contribution is 7.94. The van der Waals surface area contributed by atoms with Gasteiger partial charge in [0.15, 0.2) is 5.76 Å². The van der Waals surface area contributed by atoms with E-state index in [4.69, 9.17) is 16.1 Å². The van der Waals surface area contributed by atoms with Crippen molar-refractivity contribution in [2.45, 2.75) is 25.0 Å². The molecule has 8 heteroatoms. The van der Waals surface area contributed by atoms with Crippen LogP contribution in [0.15, 0.2) is 39.1 Å². The Morgan fingerprint density at radius 3 is 2.54 bits per heavy atom. The van der Waals surface area contributed by atoms with E-state index in [0.29, 0.717) is 22.0 Å². The second kappa shape index (κ2) is 6.23. The molecule has 24 heavy (non-hydrogen) atoms. The number of halogens is 1. The van der Waals surface area contributed by atoms with E-state index in [2.05, 4.69) is 9.88 Å². The molecule has 0 unspecified atom stereocenters. The molecule has 0 saturated heterocycles. The Morgan fingerprint density at radius 2 is 1.88 bits per heavy atom. The Hall–Kier alpha value is -1.83. The number of sulfonamides is 1. The zero-order valence-electron chi connectivity index (χ0n) is 13.3. The normalized spacial score (nSPS) is 11.7. The number of aromatic nitrogens is 1. The predicted molar refractivity (Wildman–Crippen MR) is 96.3 cm³/mol. The number of hydrogen-bond acceptors (Lipinski definition) is 5. The van der Waals surface area contributed by atoms with Crippen molar-refractivity contribution in [1.82, 2.24) is 5.16 Å². The summed E-state index contributed by atoms with van der Waals surface area (Å²) in [6, 6.07) is 8.37. The Kier molecular flexibility index (Phi) is 4.42. The fourth-order valence-corrected chi connectivity index (χ4v) is 4.78. The Labute approximate surface area is 149 Å². The van der Waals surface area contributed by atoms with Gasteiger partial charge in [0.1, 0.15) is 4.21 Å². The third kappa shape index (κ3) is 3.07. The van der Waals surface area contributed by atoms with E-state index in [0.717, 1.165) is 27.5 Å². The van der Waals surface area contributed by atoms with Crippen molar-refractivity contribution in [3.8, 4) is 10.6 Å². The Balaban J connectivity index is 1.94. The van der Waals surface area contributed by atoms with E-state index in [1.165, 1.54) is 0 Å². The highest BCUT2D eigenvalue weighted by atomic mass is 35.5. The van der Waals surface area contributed by atoms with Crippen molar-refractivity contribution >= 4 is 38.6 Å². The molecule has 0 aliphatic carbocycles. The van der Waals surface area contributed by atoms with Crippen LogP contribution in [0.1, 0.15) is 16.8 Å². The number of benzene rings is 1. The van der Waals surface area contributed by atoms with E-state index in [9.17, 15) is 8.42 Å². The van der Waals surface area contributed by atoms with Crippen molar-refractivity contribution in [3.63, 3.8) is 0 Å². The van der Waals surface area contributed by atoms with Crippen LogP contribution in [0.25, 0.3) is 10.6 Å². The lowest BCUT2D eigenvalue weighted by Gasteiger charge is -2.10. The van der Waals surface area contributed by atoms with Gasteiger partial charge >= 0.3 is 0 Å². The SMILES string of the molecule is Cc1noc(-c2ccc(S(=O)(=O)Nc3cccc(Cl)c3C)s2)c1C. The van der Waals surface area contributed by atoms with E-state index in [1.54, 1.807) is 37.3 Å². The largest absolute Gasteiger partial charge is 0.355 e. The monoisotopic (exact) mass is 382 g/mol. The van der Waals surface area contributed by atoms with Gasteiger partial charge < -0.3 is 4.52 Å². The number of rotatable bonds is 4. The van der Waals surface area contributed by atoms with Crippen molar-refractivity contribution in [2.24, 2.45) is 0 Å². The van der Waals surface area contributed by atoms with Gasteiger partial charge in [-0.05, 0) is 50.6 Å². The van der Waals surface area contributed by atoms with Gasteiger partial charge in [-0.15, -0.1) is 11.3 Å². The van der Waals surface area contributed by atoms with Gasteiger partial charge in [0, 0.05) is 10.6 Å². The summed E-state index contributed by atoms with van der Waals surface area (Å²) in [5.74, 6) is 0.595. The lowest BCUT2D eigenvalue weighted by atomic mass is 10.2. The van der Waals surface area contributed by atoms with Crippen LogP contribution in [0.5, 0.6) is 0 Å². The lowest BCUT2D eigenvalue weighted by Crippen LogP contribution is -2.12. The summed E-state index contributed by atoms with van der Waals surface area (Å²) >= 11 is 7.17. The number of anilines is 1. The van der Waals surface area contributed by atoms with Crippen LogP contribution < -0.4 is 4.72 Å². The number of aryl methyl sites for hydroxylation is 1. The van der Waals surface area contributed by atoms with Crippen LogP contribution in [0.3, 0.4) is 0 Å². The second-order valence-corrected chi connectivity index (χ2v) is 8.76. The lowest BCUT2D eigenvalue weighted by molar-refractivity contribution is 0.427. The topological polar surface area (TPSA) is 72.2 Å². The third-order valence-corrected chi connectivity index (χ3v) is 7.09. The number of nitrogens with zero attached hydrogens (tertiary/aromatic N) is 1. The van der Waals surface area contributed by atoms with Gasteiger partial charge in [0.2, 0.25) is 0 Å². The summed E-state index contributed by atoms with van der Waals surface area (Å²) in [5, 5.41) is 4.41. The molecule has 0 amide bonds. The first kappa shape index (κ1) is 17.0. The third-order valence-electron chi connectivity index (χ3n) is 3.74. The first-order valence-electron chi connectivity index (χ1n) is 7.10. The molecule has 0 atom stereocenters. The Bertz CT molecular complexity index is 1010. The number of nitrogens with one attached hydrogen (secondary N) is 1. The first-order chi connectivity index (χ1) is 11.3. The van der Waals surface area contributed by atoms with Crippen molar-refractivity contribution in [3.05, 3.63) is 52.2 Å². The number of hydrogen-bond donors (Lipinski definition) is 1. The average Bonchev–Trinajstić information content (AvgIpc) is 3.13. The summed E-state index contributed by atoms with van der Waals surface area (Å²) in [4.78, 5) is 0.719. The predicted octanol–water partition coefficient (Wildman–Crippen LogP) is 4.78. The van der Waals surface area contributed by atoms with Crippen LogP contribution in [-0.2, 0) is 10.0 Å². The molecule has 0 aliphatic heterocycles. The molecular formula is C16H15ClN2O3S2. The molecule has 0 fully saturated rings. The van der Waals surface area contributed by atoms with Crippen molar-refractivity contribution in [2.75, 3.05) is 4.72 Å². The summed E-state index contributed by atoms with van der Waals surface area (Å²) in [6.45, 7) is 5.50. The van der Waals surface area contributed by atoms with Crippen LogP contribution in [0.2, 0.25) is 5.02 Å². The standard InChI is InChI=1S/C16H15ClN2O3S2/c1-9-11(3)18-22-16(9)14-7-8-15(23-14)24(20,21)19-13-6-4-5-12(17)10(13)2/h4-8,19H,1-3H3. The molecule has 2 aromatic heterocycles. The minimum Gasteiger partial charge on any atom is -0.355 e. The molecule has 1 aromatic carbocycles. The summed E-state index contributed by atoms with van der Waals surface area (Å²) in [5.41, 5.74) is 2.83. The minimum absolute atomic E-state index is 0.199. The summed E-state index contributed by atoms with van der Waals surface area (Å²) in [7, 11) is -3.70. The van der Waals surface area contributed by atoms with Crippen LogP contribution >= 0.6 is 22.9 Å². The summed E-state index contributed by atoms with van der Waals surface area (Å²) in [6.07, 6.45) is 0. The average molecular weight is 383 g/mol. The maximum atomic E-state index is 12.6. The highest BCUT2D eigenvalue weighted by Gasteiger charge is 2.21. The molecule has 5 nitrogen and oxygen atoms in total. The van der Waals surface area contributed by atoms with E-state index >= 15 is 0 Å². The second-order valence-electron chi connectivity index (χ2n) is 5.36. The smallest absolute Gasteiger partial charge is 0.271 e. The highest BCUT2D eigenvalue weighted by Crippen LogP contribution is 2.35. The van der Waals surface area contributed by atoms with Crippen molar-refractivity contribution < 1.29 is 12.9 Å². The summed E-state index contributed by atoms with van der Waals surface area (Å²) < 4.78 is 33.3. The van der Waals surface area contributed by atoms with E-state index in [-0.39, 0.29) is 4.21 Å². The van der Waals surface area contributed by atoms with E-state index < -0.39 is 10.0 Å². The Morgan fingerprint density at radius 1 is 1.12 bits per heavy atom.